The van der Waals surface area contributed by atoms with E-state index >= 15 is 0 Å². The number of hydrogen-bond acceptors (Lipinski definition) is 5. The van der Waals surface area contributed by atoms with E-state index in [9.17, 15) is 9.59 Å². The predicted octanol–water partition coefficient (Wildman–Crippen LogP) is 2.03. The van der Waals surface area contributed by atoms with Crippen molar-refractivity contribution in [3.8, 4) is 0 Å². The fourth-order valence-corrected chi connectivity index (χ4v) is 3.89. The second-order valence-electron chi connectivity index (χ2n) is 6.10. The average molecular weight is 354 g/mol. The lowest BCUT2D eigenvalue weighted by Gasteiger charge is -2.36. The summed E-state index contributed by atoms with van der Waals surface area (Å²) in [6.45, 7) is 4.80. The van der Waals surface area contributed by atoms with Gasteiger partial charge in [0.25, 0.3) is 11.5 Å². The first-order valence-corrected chi connectivity index (χ1v) is 9.08. The summed E-state index contributed by atoms with van der Waals surface area (Å²) < 4.78 is 1.43. The normalized spacial score (nSPS) is 14.9. The van der Waals surface area contributed by atoms with Gasteiger partial charge in [-0.3, -0.25) is 14.0 Å². The lowest BCUT2D eigenvalue weighted by atomic mass is 10.1. The Hall–Kier alpha value is -2.67. The maximum absolute atomic E-state index is 12.8. The monoisotopic (exact) mass is 354 g/mol. The van der Waals surface area contributed by atoms with Crippen LogP contribution in [0.1, 0.15) is 15.9 Å². The van der Waals surface area contributed by atoms with Gasteiger partial charge < -0.3 is 9.80 Å². The maximum Gasteiger partial charge on any atom is 0.271 e. The molecule has 3 heterocycles. The first-order valence-electron chi connectivity index (χ1n) is 8.20. The number of para-hydroxylation sites is 1. The highest BCUT2D eigenvalue weighted by molar-refractivity contribution is 7.15. The minimum Gasteiger partial charge on any atom is -0.368 e. The second kappa shape index (κ2) is 6.33. The molecular formula is C18H18N4O2S. The molecule has 1 aliphatic rings. The van der Waals surface area contributed by atoms with Gasteiger partial charge in [-0.25, -0.2) is 4.98 Å². The third-order valence-electron chi connectivity index (χ3n) is 4.60. The highest BCUT2D eigenvalue weighted by Gasteiger charge is 2.25. The molecular weight excluding hydrogens is 336 g/mol. The molecule has 1 fully saturated rings. The molecule has 2 aromatic heterocycles. The Bertz CT molecular complexity index is 986. The van der Waals surface area contributed by atoms with E-state index < -0.39 is 0 Å². The fourth-order valence-electron chi connectivity index (χ4n) is 3.21. The number of anilines is 1. The van der Waals surface area contributed by atoms with Crippen LogP contribution in [0.15, 0.2) is 46.8 Å². The highest BCUT2D eigenvalue weighted by Crippen LogP contribution is 2.21. The Morgan fingerprint density at radius 3 is 2.68 bits per heavy atom. The van der Waals surface area contributed by atoms with E-state index in [0.717, 1.165) is 13.1 Å². The molecule has 3 aromatic rings. The molecule has 0 N–H and O–H groups in total. The Morgan fingerprint density at radius 2 is 1.92 bits per heavy atom. The maximum atomic E-state index is 12.8. The molecule has 0 saturated carbocycles. The Labute approximate surface area is 149 Å². The molecule has 1 saturated heterocycles. The van der Waals surface area contributed by atoms with Gasteiger partial charge in [0.1, 0.15) is 5.56 Å². The van der Waals surface area contributed by atoms with E-state index in [0.29, 0.717) is 18.1 Å². The fraction of sp³-hybridized carbons (Fsp3) is 0.278. The van der Waals surface area contributed by atoms with Crippen LogP contribution in [0, 0.1) is 6.92 Å². The van der Waals surface area contributed by atoms with Crippen LogP contribution in [0.5, 0.6) is 0 Å². The van der Waals surface area contributed by atoms with E-state index in [-0.39, 0.29) is 17.0 Å². The number of carbonyl (C=O) groups excluding carboxylic acids is 1. The van der Waals surface area contributed by atoms with Crippen LogP contribution in [0.25, 0.3) is 4.96 Å². The summed E-state index contributed by atoms with van der Waals surface area (Å²) in [6.07, 6.45) is 3.06. The molecule has 1 amide bonds. The van der Waals surface area contributed by atoms with E-state index in [1.54, 1.807) is 16.5 Å². The number of rotatable bonds is 2. The van der Waals surface area contributed by atoms with Crippen molar-refractivity contribution in [3.05, 3.63) is 63.5 Å². The molecule has 0 spiro atoms. The van der Waals surface area contributed by atoms with Crippen molar-refractivity contribution in [1.29, 1.82) is 0 Å². The summed E-state index contributed by atoms with van der Waals surface area (Å²) in [7, 11) is 0. The first-order chi connectivity index (χ1) is 12.1. The molecule has 0 unspecified atom stereocenters. The van der Waals surface area contributed by atoms with Crippen molar-refractivity contribution in [2.75, 3.05) is 31.1 Å². The van der Waals surface area contributed by atoms with Crippen LogP contribution in [0.3, 0.4) is 0 Å². The highest BCUT2D eigenvalue weighted by atomic mass is 32.1. The zero-order valence-electron chi connectivity index (χ0n) is 13.9. The van der Waals surface area contributed by atoms with Crippen molar-refractivity contribution in [1.82, 2.24) is 14.3 Å². The minimum absolute atomic E-state index is 0.139. The zero-order valence-corrected chi connectivity index (χ0v) is 14.7. The van der Waals surface area contributed by atoms with Gasteiger partial charge in [0.2, 0.25) is 0 Å². The Kier molecular flexibility index (Phi) is 4.01. The molecule has 4 rings (SSSR count). The minimum atomic E-state index is -0.294. The lowest BCUT2D eigenvalue weighted by molar-refractivity contribution is 0.0744. The van der Waals surface area contributed by atoms with Gasteiger partial charge in [0.05, 0.1) is 0 Å². The van der Waals surface area contributed by atoms with Gasteiger partial charge in [0, 0.05) is 49.6 Å². The number of piperazine rings is 1. The van der Waals surface area contributed by atoms with Gasteiger partial charge in [0.15, 0.2) is 4.96 Å². The smallest absolute Gasteiger partial charge is 0.271 e. The first kappa shape index (κ1) is 15.8. The zero-order chi connectivity index (χ0) is 17.4. The van der Waals surface area contributed by atoms with Crippen molar-refractivity contribution in [3.63, 3.8) is 0 Å². The lowest BCUT2D eigenvalue weighted by Crippen LogP contribution is -2.50. The summed E-state index contributed by atoms with van der Waals surface area (Å²) >= 11 is 1.38. The number of fused-ring (bicyclic) bond motifs is 1. The van der Waals surface area contributed by atoms with E-state index in [1.165, 1.54) is 33.2 Å². The number of carbonyl (C=O) groups is 1. The number of nitrogens with zero attached hydrogens (tertiary/aromatic N) is 4. The van der Waals surface area contributed by atoms with Gasteiger partial charge in [-0.1, -0.05) is 18.2 Å². The van der Waals surface area contributed by atoms with Gasteiger partial charge >= 0.3 is 0 Å². The van der Waals surface area contributed by atoms with Crippen LogP contribution in [0.2, 0.25) is 0 Å². The second-order valence-corrected chi connectivity index (χ2v) is 6.97. The molecule has 0 atom stereocenters. The molecule has 0 radical (unpaired) electrons. The van der Waals surface area contributed by atoms with Crippen molar-refractivity contribution in [2.45, 2.75) is 6.92 Å². The third-order valence-corrected chi connectivity index (χ3v) is 5.37. The summed E-state index contributed by atoms with van der Waals surface area (Å²) in [5.74, 6) is -0.234. The summed E-state index contributed by atoms with van der Waals surface area (Å²) in [4.78, 5) is 34.1. The van der Waals surface area contributed by atoms with Crippen molar-refractivity contribution < 1.29 is 4.79 Å². The van der Waals surface area contributed by atoms with E-state index in [1.807, 2.05) is 12.1 Å². The summed E-state index contributed by atoms with van der Waals surface area (Å²) in [5.41, 5.74) is 2.28. The van der Waals surface area contributed by atoms with Crippen LogP contribution in [-0.4, -0.2) is 46.4 Å². The predicted molar refractivity (Wildman–Crippen MR) is 98.6 cm³/mol. The quantitative estimate of drug-likeness (QED) is 0.707. The van der Waals surface area contributed by atoms with Crippen LogP contribution < -0.4 is 10.5 Å². The number of aryl methyl sites for hydroxylation is 1. The van der Waals surface area contributed by atoms with Crippen molar-refractivity contribution >= 4 is 27.9 Å². The molecule has 1 aromatic carbocycles. The standard InChI is InChI=1S/C18H18N4O2S/c1-13-4-2-3-5-15(13)20-6-8-21(9-7-20)16(23)14-12-19-18-22(17(14)24)10-11-25-18/h2-5,10-12H,6-9H2,1H3. The molecule has 128 valence electrons. The van der Waals surface area contributed by atoms with Crippen LogP contribution >= 0.6 is 11.3 Å². The Balaban J connectivity index is 1.52. The third kappa shape index (κ3) is 2.80. The number of thiazole rings is 1. The van der Waals surface area contributed by atoms with E-state index in [2.05, 4.69) is 28.9 Å². The Morgan fingerprint density at radius 1 is 1.16 bits per heavy atom. The number of aromatic nitrogens is 2. The number of hydrogen-bond donors (Lipinski definition) is 0. The number of amides is 1. The van der Waals surface area contributed by atoms with Gasteiger partial charge in [-0.15, -0.1) is 11.3 Å². The van der Waals surface area contributed by atoms with Gasteiger partial charge in [-0.05, 0) is 18.6 Å². The molecule has 0 bridgehead atoms. The topological polar surface area (TPSA) is 57.9 Å². The molecule has 1 aliphatic heterocycles. The van der Waals surface area contributed by atoms with Crippen molar-refractivity contribution in [2.24, 2.45) is 0 Å². The van der Waals surface area contributed by atoms with E-state index in [4.69, 9.17) is 0 Å². The summed E-state index contributed by atoms with van der Waals surface area (Å²) in [5, 5.41) is 1.79. The summed E-state index contributed by atoms with van der Waals surface area (Å²) in [6, 6.07) is 8.26. The number of benzene rings is 1. The SMILES string of the molecule is Cc1ccccc1N1CCN(C(=O)c2cnc3sccn3c2=O)CC1. The molecule has 0 aliphatic carbocycles. The van der Waals surface area contributed by atoms with Gasteiger partial charge in [-0.2, -0.15) is 0 Å². The molecule has 6 nitrogen and oxygen atoms in total. The van der Waals surface area contributed by atoms with Crippen LogP contribution in [0.4, 0.5) is 5.69 Å². The van der Waals surface area contributed by atoms with Crippen LogP contribution in [-0.2, 0) is 0 Å². The average Bonchev–Trinajstić information content (AvgIpc) is 3.12. The largest absolute Gasteiger partial charge is 0.368 e. The molecule has 7 heteroatoms. The molecule has 25 heavy (non-hydrogen) atoms.